The van der Waals surface area contributed by atoms with Crippen molar-refractivity contribution in [2.24, 2.45) is 12.8 Å². The highest BCUT2D eigenvalue weighted by molar-refractivity contribution is 5.85. The van der Waals surface area contributed by atoms with Gasteiger partial charge in [0.25, 0.3) is 0 Å². The molecule has 0 spiro atoms. The fourth-order valence-corrected chi connectivity index (χ4v) is 0.740. The van der Waals surface area contributed by atoms with Crippen molar-refractivity contribution in [1.82, 2.24) is 15.0 Å². The number of nitrogens with zero attached hydrogens (tertiary/aromatic N) is 3. The highest BCUT2D eigenvalue weighted by Gasteiger charge is 2.05. The Balaban J connectivity index is 0.000001000. The van der Waals surface area contributed by atoms with E-state index in [2.05, 4.69) is 10.2 Å². The first-order valence-corrected chi connectivity index (χ1v) is 3.36. The van der Waals surface area contributed by atoms with Crippen molar-refractivity contribution in [2.45, 2.75) is 19.4 Å². The number of aryl methyl sites for hydroxylation is 1. The molecule has 1 rings (SSSR count). The molecule has 0 saturated carbocycles. The van der Waals surface area contributed by atoms with Gasteiger partial charge in [0, 0.05) is 7.05 Å². The molecule has 0 saturated heterocycles. The maximum Gasteiger partial charge on any atom is 0.0993 e. The first-order valence-electron chi connectivity index (χ1n) is 3.36. The third-order valence-corrected chi connectivity index (χ3v) is 1.44. The Hall–Kier alpha value is -0.610. The number of halogens is 1. The fraction of sp³-hybridized carbons (Fsp3) is 0.667. The summed E-state index contributed by atoms with van der Waals surface area (Å²) >= 11 is 0. The van der Waals surface area contributed by atoms with E-state index in [9.17, 15) is 0 Å². The molecule has 4 nitrogen and oxygen atoms in total. The van der Waals surface area contributed by atoms with Gasteiger partial charge in [0.1, 0.15) is 0 Å². The predicted octanol–water partition coefficient (Wildman–Crippen LogP) is 0.647. The second-order valence-corrected chi connectivity index (χ2v) is 2.27. The lowest BCUT2D eigenvalue weighted by Crippen LogP contribution is -2.09. The zero-order valence-corrected chi connectivity index (χ0v) is 7.51. The van der Waals surface area contributed by atoms with Crippen LogP contribution in [-0.4, -0.2) is 15.0 Å². The first-order chi connectivity index (χ1) is 4.74. The van der Waals surface area contributed by atoms with Gasteiger partial charge in [-0.25, -0.2) is 0 Å². The van der Waals surface area contributed by atoms with E-state index in [4.69, 9.17) is 5.73 Å². The lowest BCUT2D eigenvalue weighted by atomic mass is 10.2. The number of rotatable bonds is 2. The summed E-state index contributed by atoms with van der Waals surface area (Å²) in [5.41, 5.74) is 6.56. The molecule has 0 bridgehead atoms. The molecule has 0 unspecified atom stereocenters. The summed E-state index contributed by atoms with van der Waals surface area (Å²) < 4.78 is 0. The molecular formula is C6H13ClN4. The summed E-state index contributed by atoms with van der Waals surface area (Å²) in [5.74, 6) is 0. The Bertz CT molecular complexity index is 210. The standard InChI is InChI=1S/C6H12N4.ClH/c1-3-5(7)6-4-8-10(2)9-6;/h4-5H,3,7H2,1-2H3;1H/t5-;/m0./s1. The maximum atomic E-state index is 5.69. The Labute approximate surface area is 72.2 Å². The van der Waals surface area contributed by atoms with Gasteiger partial charge < -0.3 is 5.73 Å². The fourth-order valence-electron chi connectivity index (χ4n) is 0.740. The van der Waals surface area contributed by atoms with Crippen LogP contribution >= 0.6 is 12.4 Å². The molecule has 0 aliphatic heterocycles. The molecule has 0 aromatic carbocycles. The molecule has 0 aliphatic rings. The van der Waals surface area contributed by atoms with Crippen molar-refractivity contribution in [1.29, 1.82) is 0 Å². The van der Waals surface area contributed by atoms with E-state index in [1.54, 1.807) is 13.2 Å². The minimum atomic E-state index is 0. The number of nitrogens with two attached hydrogens (primary N) is 1. The van der Waals surface area contributed by atoms with Gasteiger partial charge in [0.05, 0.1) is 17.9 Å². The largest absolute Gasteiger partial charge is 0.323 e. The van der Waals surface area contributed by atoms with Crippen LogP contribution in [0.25, 0.3) is 0 Å². The van der Waals surface area contributed by atoms with E-state index < -0.39 is 0 Å². The molecule has 1 aromatic rings. The van der Waals surface area contributed by atoms with Crippen LogP contribution in [0.1, 0.15) is 25.1 Å². The predicted molar refractivity (Wildman–Crippen MR) is 45.5 cm³/mol. The van der Waals surface area contributed by atoms with Crippen molar-refractivity contribution in [3.8, 4) is 0 Å². The second kappa shape index (κ2) is 4.31. The Morgan fingerprint density at radius 3 is 2.73 bits per heavy atom. The zero-order valence-electron chi connectivity index (χ0n) is 6.69. The van der Waals surface area contributed by atoms with Crippen molar-refractivity contribution in [3.63, 3.8) is 0 Å². The zero-order chi connectivity index (χ0) is 7.56. The smallest absolute Gasteiger partial charge is 0.0993 e. The molecule has 0 amide bonds. The molecule has 64 valence electrons. The average molecular weight is 177 g/mol. The van der Waals surface area contributed by atoms with Gasteiger partial charge in [-0.15, -0.1) is 12.4 Å². The highest BCUT2D eigenvalue weighted by atomic mass is 35.5. The molecule has 0 fully saturated rings. The summed E-state index contributed by atoms with van der Waals surface area (Å²) in [6.07, 6.45) is 2.60. The molecule has 0 radical (unpaired) electrons. The van der Waals surface area contributed by atoms with E-state index in [1.165, 1.54) is 4.80 Å². The van der Waals surface area contributed by atoms with Crippen LogP contribution in [0, 0.1) is 0 Å². The minimum Gasteiger partial charge on any atom is -0.323 e. The van der Waals surface area contributed by atoms with Gasteiger partial charge in [-0.2, -0.15) is 15.0 Å². The van der Waals surface area contributed by atoms with Crippen LogP contribution in [0.2, 0.25) is 0 Å². The first kappa shape index (κ1) is 10.4. The lowest BCUT2D eigenvalue weighted by Gasteiger charge is -2.00. The topological polar surface area (TPSA) is 56.7 Å². The number of hydrogen-bond donors (Lipinski definition) is 1. The van der Waals surface area contributed by atoms with E-state index in [-0.39, 0.29) is 18.4 Å². The van der Waals surface area contributed by atoms with Crippen molar-refractivity contribution in [2.75, 3.05) is 0 Å². The van der Waals surface area contributed by atoms with Crippen LogP contribution in [0.5, 0.6) is 0 Å². The van der Waals surface area contributed by atoms with E-state index >= 15 is 0 Å². The van der Waals surface area contributed by atoms with Crippen LogP contribution in [0.3, 0.4) is 0 Å². The Kier molecular flexibility index (Phi) is 4.07. The van der Waals surface area contributed by atoms with E-state index in [0.717, 1.165) is 12.1 Å². The SMILES string of the molecule is CC[C@H](N)c1cnn(C)n1.Cl. The molecule has 0 aliphatic carbocycles. The van der Waals surface area contributed by atoms with Gasteiger partial charge in [-0.05, 0) is 6.42 Å². The van der Waals surface area contributed by atoms with Crippen LogP contribution in [0.4, 0.5) is 0 Å². The normalized spacial score (nSPS) is 12.3. The number of aromatic nitrogens is 3. The quantitative estimate of drug-likeness (QED) is 0.720. The summed E-state index contributed by atoms with van der Waals surface area (Å²) in [4.78, 5) is 1.52. The number of hydrogen-bond acceptors (Lipinski definition) is 3. The summed E-state index contributed by atoms with van der Waals surface area (Å²) in [6.45, 7) is 2.03. The minimum absolute atomic E-state index is 0. The van der Waals surface area contributed by atoms with Crippen LogP contribution in [-0.2, 0) is 7.05 Å². The third kappa shape index (κ3) is 2.48. The van der Waals surface area contributed by atoms with Gasteiger partial charge in [-0.3, -0.25) is 0 Å². The Morgan fingerprint density at radius 1 is 1.73 bits per heavy atom. The van der Waals surface area contributed by atoms with Crippen LogP contribution in [0.15, 0.2) is 6.20 Å². The average Bonchev–Trinajstić information content (AvgIpc) is 2.34. The van der Waals surface area contributed by atoms with Crippen LogP contribution < -0.4 is 5.73 Å². The van der Waals surface area contributed by atoms with Crippen molar-refractivity contribution < 1.29 is 0 Å². The van der Waals surface area contributed by atoms with Crippen molar-refractivity contribution in [3.05, 3.63) is 11.9 Å². The Morgan fingerprint density at radius 2 is 2.36 bits per heavy atom. The highest BCUT2D eigenvalue weighted by Crippen LogP contribution is 2.07. The maximum absolute atomic E-state index is 5.69. The summed E-state index contributed by atoms with van der Waals surface area (Å²) in [5, 5.41) is 7.97. The second-order valence-electron chi connectivity index (χ2n) is 2.27. The summed E-state index contributed by atoms with van der Waals surface area (Å²) in [7, 11) is 1.78. The van der Waals surface area contributed by atoms with Crippen molar-refractivity contribution >= 4 is 12.4 Å². The molecule has 1 aromatic heterocycles. The van der Waals surface area contributed by atoms with E-state index in [1.807, 2.05) is 6.92 Å². The van der Waals surface area contributed by atoms with Gasteiger partial charge in [0.2, 0.25) is 0 Å². The van der Waals surface area contributed by atoms with E-state index in [0.29, 0.717) is 0 Å². The van der Waals surface area contributed by atoms with Gasteiger partial charge in [0.15, 0.2) is 0 Å². The molecule has 1 atom stereocenters. The molecule has 5 heteroatoms. The summed E-state index contributed by atoms with van der Waals surface area (Å²) in [6, 6.07) is 0.0358. The molecular weight excluding hydrogens is 164 g/mol. The molecule has 1 heterocycles. The monoisotopic (exact) mass is 176 g/mol. The molecule has 11 heavy (non-hydrogen) atoms. The molecule has 2 N–H and O–H groups in total. The van der Waals surface area contributed by atoms with Gasteiger partial charge >= 0.3 is 0 Å². The lowest BCUT2D eigenvalue weighted by molar-refractivity contribution is 0.612. The third-order valence-electron chi connectivity index (χ3n) is 1.44. The van der Waals surface area contributed by atoms with Gasteiger partial charge in [-0.1, -0.05) is 6.92 Å².